The van der Waals surface area contributed by atoms with Crippen LogP contribution in [0.3, 0.4) is 0 Å². The Balaban J connectivity index is 2.06. The summed E-state index contributed by atoms with van der Waals surface area (Å²) in [6.45, 7) is 8.59. The molecular weight excluding hydrogens is 240 g/mol. The number of methoxy groups -OCH3 is 1. The summed E-state index contributed by atoms with van der Waals surface area (Å²) in [6, 6.07) is 10.1. The first kappa shape index (κ1) is 14.3. The van der Waals surface area contributed by atoms with E-state index in [9.17, 15) is 0 Å². The molecule has 0 radical (unpaired) electrons. The first-order valence-electron chi connectivity index (χ1n) is 6.56. The van der Waals surface area contributed by atoms with Crippen molar-refractivity contribution in [1.29, 1.82) is 0 Å². The maximum absolute atomic E-state index is 6.06. The molecule has 1 aliphatic heterocycles. The summed E-state index contributed by atoms with van der Waals surface area (Å²) in [5, 5.41) is 0. The fraction of sp³-hybridized carbons (Fsp3) is 0.500. The van der Waals surface area contributed by atoms with Gasteiger partial charge >= 0.3 is 0 Å². The number of hydrogen-bond acceptors (Lipinski definition) is 3. The molecule has 1 aromatic rings. The highest BCUT2D eigenvalue weighted by Gasteiger charge is 2.50. The van der Waals surface area contributed by atoms with Crippen LogP contribution in [0.2, 0.25) is 0 Å². The van der Waals surface area contributed by atoms with E-state index in [0.717, 1.165) is 5.56 Å². The Hall–Kier alpha value is -1.16. The molecule has 3 heteroatoms. The Morgan fingerprint density at radius 1 is 1.32 bits per heavy atom. The Morgan fingerprint density at radius 2 is 2.00 bits per heavy atom. The third-order valence-corrected chi connectivity index (χ3v) is 3.64. The minimum atomic E-state index is -0.267. The molecule has 104 valence electrons. The Bertz CT molecular complexity index is 413. The fourth-order valence-corrected chi connectivity index (χ4v) is 2.56. The second-order valence-corrected chi connectivity index (χ2v) is 5.44. The topological polar surface area (TPSA) is 27.7 Å². The maximum Gasteiger partial charge on any atom is 0.165 e. The van der Waals surface area contributed by atoms with Gasteiger partial charge in [-0.05, 0) is 5.56 Å². The lowest BCUT2D eigenvalue weighted by Gasteiger charge is -2.30. The van der Waals surface area contributed by atoms with Crippen molar-refractivity contribution in [3.8, 4) is 0 Å². The molecule has 19 heavy (non-hydrogen) atoms. The monoisotopic (exact) mass is 262 g/mol. The third kappa shape index (κ3) is 2.89. The van der Waals surface area contributed by atoms with E-state index >= 15 is 0 Å². The molecule has 0 spiro atoms. The summed E-state index contributed by atoms with van der Waals surface area (Å²) in [5.74, 6) is 0. The van der Waals surface area contributed by atoms with E-state index in [-0.39, 0.29) is 23.9 Å². The van der Waals surface area contributed by atoms with Crippen LogP contribution < -0.4 is 0 Å². The van der Waals surface area contributed by atoms with Crippen LogP contribution in [0.15, 0.2) is 43.0 Å². The van der Waals surface area contributed by atoms with Gasteiger partial charge in [-0.1, -0.05) is 50.3 Å². The molecule has 1 aliphatic rings. The summed E-state index contributed by atoms with van der Waals surface area (Å²) < 4.78 is 17.3. The summed E-state index contributed by atoms with van der Waals surface area (Å²) in [6.07, 6.45) is 1.33. The highest BCUT2D eigenvalue weighted by atomic mass is 16.7. The zero-order valence-electron chi connectivity index (χ0n) is 11.8. The summed E-state index contributed by atoms with van der Waals surface area (Å²) in [7, 11) is 1.66. The summed E-state index contributed by atoms with van der Waals surface area (Å²) >= 11 is 0. The average Bonchev–Trinajstić information content (AvgIpc) is 2.67. The van der Waals surface area contributed by atoms with Gasteiger partial charge in [0.1, 0.15) is 6.10 Å². The zero-order valence-corrected chi connectivity index (χ0v) is 11.8. The molecule has 0 N–H and O–H groups in total. The van der Waals surface area contributed by atoms with Gasteiger partial charge in [0.15, 0.2) is 6.29 Å². The van der Waals surface area contributed by atoms with Gasteiger partial charge in [-0.25, -0.2) is 0 Å². The molecule has 0 aliphatic carbocycles. The van der Waals surface area contributed by atoms with Crippen LogP contribution in [0.1, 0.15) is 19.4 Å². The average molecular weight is 262 g/mol. The van der Waals surface area contributed by atoms with Crippen molar-refractivity contribution in [2.45, 2.75) is 39.0 Å². The van der Waals surface area contributed by atoms with Crippen molar-refractivity contribution in [3.63, 3.8) is 0 Å². The minimum Gasteiger partial charge on any atom is -0.370 e. The van der Waals surface area contributed by atoms with Gasteiger partial charge in [-0.2, -0.15) is 0 Å². The van der Waals surface area contributed by atoms with Crippen molar-refractivity contribution in [2.24, 2.45) is 5.41 Å². The van der Waals surface area contributed by atoms with Crippen LogP contribution in [0.4, 0.5) is 0 Å². The predicted octanol–water partition coefficient (Wildman–Crippen LogP) is 3.16. The van der Waals surface area contributed by atoms with Crippen LogP contribution >= 0.6 is 0 Å². The van der Waals surface area contributed by atoms with Crippen molar-refractivity contribution in [1.82, 2.24) is 0 Å². The van der Waals surface area contributed by atoms with E-state index in [2.05, 4.69) is 32.6 Å². The molecule has 1 saturated heterocycles. The van der Waals surface area contributed by atoms with Crippen LogP contribution in [0.25, 0.3) is 0 Å². The first-order valence-corrected chi connectivity index (χ1v) is 6.56. The molecule has 3 nitrogen and oxygen atoms in total. The lowest BCUT2D eigenvalue weighted by atomic mass is 9.85. The zero-order chi connectivity index (χ0) is 13.9. The highest BCUT2D eigenvalue weighted by molar-refractivity contribution is 5.14. The van der Waals surface area contributed by atoms with Gasteiger partial charge in [0.2, 0.25) is 0 Å². The normalized spacial score (nSPS) is 29.3. The molecule has 0 aromatic heterocycles. The molecule has 0 bridgehead atoms. The fourth-order valence-electron chi connectivity index (χ4n) is 2.56. The quantitative estimate of drug-likeness (QED) is 0.763. The lowest BCUT2D eigenvalue weighted by molar-refractivity contribution is -0.145. The first-order chi connectivity index (χ1) is 9.09. The molecule has 2 rings (SSSR count). The molecule has 0 unspecified atom stereocenters. The van der Waals surface area contributed by atoms with Gasteiger partial charge in [0, 0.05) is 12.5 Å². The minimum absolute atomic E-state index is 0.0600. The van der Waals surface area contributed by atoms with E-state index < -0.39 is 0 Å². The number of ether oxygens (including phenoxy) is 3. The molecule has 1 aromatic carbocycles. The third-order valence-electron chi connectivity index (χ3n) is 3.64. The van der Waals surface area contributed by atoms with Crippen LogP contribution in [0.5, 0.6) is 0 Å². The van der Waals surface area contributed by atoms with Gasteiger partial charge < -0.3 is 14.2 Å². The van der Waals surface area contributed by atoms with Gasteiger partial charge in [-0.3, -0.25) is 0 Å². The standard InChI is InChI=1S/C16H22O3/c1-5-13-14(16(2,3)15(17-4)19-13)18-11-12-9-7-6-8-10-12/h5-10,13-15H,1,11H2,2-4H3/t13-,14-,15-/m1/s1. The van der Waals surface area contributed by atoms with Crippen LogP contribution in [0, 0.1) is 5.41 Å². The molecule has 1 heterocycles. The van der Waals surface area contributed by atoms with Gasteiger partial charge in [0.25, 0.3) is 0 Å². The van der Waals surface area contributed by atoms with E-state index in [1.807, 2.05) is 18.2 Å². The van der Waals surface area contributed by atoms with Crippen molar-refractivity contribution >= 4 is 0 Å². The smallest absolute Gasteiger partial charge is 0.165 e. The largest absolute Gasteiger partial charge is 0.370 e. The summed E-state index contributed by atoms with van der Waals surface area (Å²) in [5.41, 5.74) is 0.949. The number of benzene rings is 1. The molecule has 0 saturated carbocycles. The van der Waals surface area contributed by atoms with Crippen LogP contribution in [-0.4, -0.2) is 25.6 Å². The van der Waals surface area contributed by atoms with E-state index in [4.69, 9.17) is 14.2 Å². The molecule has 0 amide bonds. The number of rotatable bonds is 5. The predicted molar refractivity (Wildman–Crippen MR) is 74.7 cm³/mol. The van der Waals surface area contributed by atoms with Crippen LogP contribution in [-0.2, 0) is 20.8 Å². The Morgan fingerprint density at radius 3 is 2.58 bits per heavy atom. The van der Waals surface area contributed by atoms with Crippen molar-refractivity contribution < 1.29 is 14.2 Å². The second-order valence-electron chi connectivity index (χ2n) is 5.44. The van der Waals surface area contributed by atoms with E-state index in [0.29, 0.717) is 6.61 Å². The van der Waals surface area contributed by atoms with Crippen molar-refractivity contribution in [3.05, 3.63) is 48.6 Å². The molecular formula is C16H22O3. The number of hydrogen-bond donors (Lipinski definition) is 0. The lowest BCUT2D eigenvalue weighted by Crippen LogP contribution is -2.38. The Kier molecular flexibility index (Phi) is 4.40. The second kappa shape index (κ2) is 5.87. The van der Waals surface area contributed by atoms with Gasteiger partial charge in [-0.15, -0.1) is 6.58 Å². The maximum atomic E-state index is 6.06. The molecule has 3 atom stereocenters. The summed E-state index contributed by atoms with van der Waals surface area (Å²) in [4.78, 5) is 0. The van der Waals surface area contributed by atoms with E-state index in [1.54, 1.807) is 13.2 Å². The van der Waals surface area contributed by atoms with E-state index in [1.165, 1.54) is 0 Å². The van der Waals surface area contributed by atoms with Gasteiger partial charge in [0.05, 0.1) is 12.7 Å². The molecule has 1 fully saturated rings. The SMILES string of the molecule is C=C[C@H]1O[C@@H](OC)C(C)(C)[C@@H]1OCc1ccccc1. The Labute approximate surface area is 115 Å². The highest BCUT2D eigenvalue weighted by Crippen LogP contribution is 2.41. The van der Waals surface area contributed by atoms with Crippen molar-refractivity contribution in [2.75, 3.05) is 7.11 Å².